The van der Waals surface area contributed by atoms with E-state index in [1.807, 2.05) is 0 Å². The van der Waals surface area contributed by atoms with Crippen LogP contribution in [0.4, 0.5) is 0 Å². The topological polar surface area (TPSA) is 26.3 Å². The molecule has 2 nitrogen and oxygen atoms in total. The first-order chi connectivity index (χ1) is 10.7. The minimum atomic E-state index is -0.110. The molecule has 0 saturated carbocycles. The van der Waals surface area contributed by atoms with Gasteiger partial charge < -0.3 is 4.74 Å². The molecule has 0 spiro atoms. The lowest BCUT2D eigenvalue weighted by atomic mass is 10.0. The van der Waals surface area contributed by atoms with Crippen LogP contribution in [0, 0.1) is 0 Å². The standard InChI is InChI=1S/C19H37ClO2/c1-3-4-5-6-7-8-9-10-11-12-15-18(20)16-13-14-17-19(21)22-2/h18H,3-17H2,1-2H3. The Kier molecular flexibility index (Phi) is 16.9. The predicted molar refractivity (Wildman–Crippen MR) is 96.6 cm³/mol. The van der Waals surface area contributed by atoms with Crippen molar-refractivity contribution >= 4 is 17.6 Å². The Balaban J connectivity index is 3.18. The van der Waals surface area contributed by atoms with Crippen LogP contribution in [0.15, 0.2) is 0 Å². The molecule has 0 aliphatic rings. The summed E-state index contributed by atoms with van der Waals surface area (Å²) in [5, 5.41) is 0.284. The number of ether oxygens (including phenoxy) is 1. The van der Waals surface area contributed by atoms with Crippen molar-refractivity contribution in [3.8, 4) is 0 Å². The van der Waals surface area contributed by atoms with E-state index in [0.717, 1.165) is 25.7 Å². The third kappa shape index (κ3) is 16.1. The Morgan fingerprint density at radius 2 is 1.27 bits per heavy atom. The Morgan fingerprint density at radius 3 is 1.77 bits per heavy atom. The van der Waals surface area contributed by atoms with Crippen molar-refractivity contribution in [2.75, 3.05) is 7.11 Å². The molecular formula is C19H37ClO2. The highest BCUT2D eigenvalue weighted by atomic mass is 35.5. The quantitative estimate of drug-likeness (QED) is 0.180. The first kappa shape index (κ1) is 21.8. The second-order valence-corrected chi connectivity index (χ2v) is 7.01. The normalized spacial score (nSPS) is 12.3. The lowest BCUT2D eigenvalue weighted by molar-refractivity contribution is -0.140. The molecule has 0 saturated heterocycles. The summed E-state index contributed by atoms with van der Waals surface area (Å²) in [4.78, 5) is 11.0. The zero-order valence-electron chi connectivity index (χ0n) is 14.9. The minimum Gasteiger partial charge on any atom is -0.469 e. The summed E-state index contributed by atoms with van der Waals surface area (Å²) in [5.74, 6) is -0.110. The highest BCUT2D eigenvalue weighted by Crippen LogP contribution is 2.17. The highest BCUT2D eigenvalue weighted by molar-refractivity contribution is 6.20. The van der Waals surface area contributed by atoms with Crippen LogP contribution in [0.3, 0.4) is 0 Å². The van der Waals surface area contributed by atoms with Gasteiger partial charge in [0.05, 0.1) is 7.11 Å². The fourth-order valence-electron chi connectivity index (χ4n) is 2.73. The van der Waals surface area contributed by atoms with Gasteiger partial charge in [0.1, 0.15) is 0 Å². The average Bonchev–Trinajstić information content (AvgIpc) is 2.53. The van der Waals surface area contributed by atoms with E-state index < -0.39 is 0 Å². The van der Waals surface area contributed by atoms with Gasteiger partial charge >= 0.3 is 5.97 Å². The fraction of sp³-hybridized carbons (Fsp3) is 0.947. The van der Waals surface area contributed by atoms with E-state index in [-0.39, 0.29) is 11.3 Å². The maximum absolute atomic E-state index is 11.0. The number of carbonyl (C=O) groups is 1. The van der Waals surface area contributed by atoms with Gasteiger partial charge in [0.2, 0.25) is 0 Å². The molecule has 1 unspecified atom stereocenters. The Morgan fingerprint density at radius 1 is 0.818 bits per heavy atom. The molecule has 0 N–H and O–H groups in total. The molecule has 0 aliphatic heterocycles. The summed E-state index contributed by atoms with van der Waals surface area (Å²) in [5.41, 5.74) is 0. The van der Waals surface area contributed by atoms with Gasteiger partial charge in [0.25, 0.3) is 0 Å². The Labute approximate surface area is 143 Å². The van der Waals surface area contributed by atoms with Crippen molar-refractivity contribution in [3.05, 3.63) is 0 Å². The van der Waals surface area contributed by atoms with Gasteiger partial charge in [0, 0.05) is 11.8 Å². The van der Waals surface area contributed by atoms with E-state index in [0.29, 0.717) is 6.42 Å². The molecule has 0 aromatic heterocycles. The molecular weight excluding hydrogens is 296 g/mol. The lowest BCUT2D eigenvalue weighted by Crippen LogP contribution is -2.02. The number of carbonyl (C=O) groups excluding carboxylic acids is 1. The minimum absolute atomic E-state index is 0.110. The van der Waals surface area contributed by atoms with E-state index in [4.69, 9.17) is 11.6 Å². The molecule has 0 rings (SSSR count). The molecule has 0 amide bonds. The number of unbranched alkanes of at least 4 members (excludes halogenated alkanes) is 10. The number of alkyl halides is 1. The summed E-state index contributed by atoms with van der Waals surface area (Å²) in [7, 11) is 1.44. The molecule has 0 radical (unpaired) electrons. The van der Waals surface area contributed by atoms with Crippen LogP contribution in [0.25, 0.3) is 0 Å². The number of hydrogen-bond acceptors (Lipinski definition) is 2. The molecule has 1 atom stereocenters. The summed E-state index contributed by atoms with van der Waals surface area (Å²) in [6.45, 7) is 2.27. The molecule has 132 valence electrons. The smallest absolute Gasteiger partial charge is 0.305 e. The molecule has 0 fully saturated rings. The van der Waals surface area contributed by atoms with E-state index in [1.165, 1.54) is 71.3 Å². The van der Waals surface area contributed by atoms with Crippen LogP contribution >= 0.6 is 11.6 Å². The van der Waals surface area contributed by atoms with Gasteiger partial charge in [-0.1, -0.05) is 77.6 Å². The first-order valence-electron chi connectivity index (χ1n) is 9.41. The number of methoxy groups -OCH3 is 1. The van der Waals surface area contributed by atoms with Gasteiger partial charge in [0.15, 0.2) is 0 Å². The molecule has 22 heavy (non-hydrogen) atoms. The van der Waals surface area contributed by atoms with E-state index in [2.05, 4.69) is 11.7 Å². The van der Waals surface area contributed by atoms with E-state index in [9.17, 15) is 4.79 Å². The van der Waals surface area contributed by atoms with Crippen molar-refractivity contribution in [1.82, 2.24) is 0 Å². The molecule has 0 bridgehead atoms. The van der Waals surface area contributed by atoms with Crippen molar-refractivity contribution in [1.29, 1.82) is 0 Å². The second kappa shape index (κ2) is 17.1. The van der Waals surface area contributed by atoms with Crippen molar-refractivity contribution in [3.63, 3.8) is 0 Å². The SMILES string of the molecule is CCCCCCCCCCCCC(Cl)CCCCC(=O)OC. The van der Waals surface area contributed by atoms with Gasteiger partial charge in [-0.3, -0.25) is 4.79 Å². The fourth-order valence-corrected chi connectivity index (χ4v) is 3.04. The van der Waals surface area contributed by atoms with Crippen molar-refractivity contribution < 1.29 is 9.53 Å². The van der Waals surface area contributed by atoms with E-state index >= 15 is 0 Å². The molecule has 0 aromatic rings. The van der Waals surface area contributed by atoms with Crippen LogP contribution in [-0.4, -0.2) is 18.5 Å². The first-order valence-corrected chi connectivity index (χ1v) is 9.85. The Hall–Kier alpha value is -0.240. The molecule has 3 heteroatoms. The summed E-state index contributed by atoms with van der Waals surface area (Å²) >= 11 is 6.32. The van der Waals surface area contributed by atoms with Crippen molar-refractivity contribution in [2.45, 2.75) is 109 Å². The summed E-state index contributed by atoms with van der Waals surface area (Å²) in [6.07, 6.45) is 18.3. The van der Waals surface area contributed by atoms with Crippen LogP contribution < -0.4 is 0 Å². The lowest BCUT2D eigenvalue weighted by Gasteiger charge is -2.09. The van der Waals surface area contributed by atoms with E-state index in [1.54, 1.807) is 0 Å². The van der Waals surface area contributed by atoms with Crippen LogP contribution in [0.5, 0.6) is 0 Å². The largest absolute Gasteiger partial charge is 0.469 e. The van der Waals surface area contributed by atoms with Gasteiger partial charge in [-0.15, -0.1) is 11.6 Å². The second-order valence-electron chi connectivity index (χ2n) is 6.39. The zero-order chi connectivity index (χ0) is 16.5. The zero-order valence-corrected chi connectivity index (χ0v) is 15.6. The molecule has 0 aliphatic carbocycles. The maximum Gasteiger partial charge on any atom is 0.305 e. The highest BCUT2D eigenvalue weighted by Gasteiger charge is 2.05. The number of esters is 1. The van der Waals surface area contributed by atoms with Gasteiger partial charge in [-0.25, -0.2) is 0 Å². The predicted octanol–water partition coefficient (Wildman–Crippen LogP) is 6.64. The summed E-state index contributed by atoms with van der Waals surface area (Å²) < 4.78 is 4.62. The maximum atomic E-state index is 11.0. The molecule has 0 heterocycles. The average molecular weight is 333 g/mol. The van der Waals surface area contributed by atoms with Crippen LogP contribution in [-0.2, 0) is 9.53 Å². The number of halogens is 1. The number of hydrogen-bond donors (Lipinski definition) is 0. The van der Waals surface area contributed by atoms with Crippen LogP contribution in [0.1, 0.15) is 103 Å². The number of rotatable bonds is 16. The third-order valence-electron chi connectivity index (χ3n) is 4.25. The summed E-state index contributed by atoms with van der Waals surface area (Å²) in [6, 6.07) is 0. The van der Waals surface area contributed by atoms with Gasteiger partial charge in [-0.2, -0.15) is 0 Å². The van der Waals surface area contributed by atoms with Crippen molar-refractivity contribution in [2.24, 2.45) is 0 Å². The van der Waals surface area contributed by atoms with Crippen LogP contribution in [0.2, 0.25) is 0 Å². The molecule has 0 aromatic carbocycles. The monoisotopic (exact) mass is 332 g/mol. The van der Waals surface area contributed by atoms with Gasteiger partial charge in [-0.05, 0) is 19.3 Å². The Bertz CT molecular complexity index is 244. The third-order valence-corrected chi connectivity index (χ3v) is 4.68.